The summed E-state index contributed by atoms with van der Waals surface area (Å²) in [4.78, 5) is 22.9. The number of hydrogen-bond acceptors (Lipinski definition) is 6. The molecule has 1 atom stereocenters. The van der Waals surface area contributed by atoms with Gasteiger partial charge < -0.3 is 14.6 Å². The van der Waals surface area contributed by atoms with E-state index in [1.165, 1.54) is 0 Å². The van der Waals surface area contributed by atoms with E-state index in [1.54, 1.807) is 45.0 Å². The maximum absolute atomic E-state index is 12.9. The van der Waals surface area contributed by atoms with E-state index < -0.39 is 50.2 Å². The molecule has 0 radical (unpaired) electrons. The lowest BCUT2D eigenvalue weighted by Crippen LogP contribution is -2.45. The molecule has 0 heterocycles. The molecule has 2 rings (SSSR count). The summed E-state index contributed by atoms with van der Waals surface area (Å²) in [6.07, 6.45) is -4.44. The van der Waals surface area contributed by atoms with Gasteiger partial charge in [0.05, 0.1) is 17.1 Å². The van der Waals surface area contributed by atoms with Crippen LogP contribution < -0.4 is 9.46 Å². The van der Waals surface area contributed by atoms with Gasteiger partial charge in [-0.2, -0.15) is 17.9 Å². The highest BCUT2D eigenvalue weighted by molar-refractivity contribution is 7.89. The van der Waals surface area contributed by atoms with Gasteiger partial charge in [-0.25, -0.2) is 8.42 Å². The summed E-state index contributed by atoms with van der Waals surface area (Å²) >= 11 is 0. The van der Waals surface area contributed by atoms with Gasteiger partial charge >= 0.3 is 18.1 Å². The van der Waals surface area contributed by atoms with E-state index in [9.17, 15) is 31.2 Å². The smallest absolute Gasteiger partial charge is 0.416 e. The quantitative estimate of drug-likeness (QED) is 0.330. The number of carbonyl (C=O) groups is 2. The molecular weight excluding hydrogens is 503 g/mol. The standard InChI is InChI=1S/C24H28F3NO7S/c1-23(2,3)35-22(31)20(15-16-6-10-18(11-7-16)34-14-4-5-21(29)30)28-36(32,33)19-12-8-17(9-13-19)24(25,26)27/h6-13,20,28H,4-5,14-15H2,1-3H3,(H,29,30). The molecule has 1 unspecified atom stereocenters. The van der Waals surface area contributed by atoms with Gasteiger partial charge in [-0.1, -0.05) is 12.1 Å². The minimum atomic E-state index is -4.62. The lowest BCUT2D eigenvalue weighted by molar-refractivity contribution is -0.157. The Bertz CT molecular complexity index is 1140. The second-order valence-corrected chi connectivity index (χ2v) is 10.6. The van der Waals surface area contributed by atoms with Crippen molar-refractivity contribution in [2.24, 2.45) is 0 Å². The summed E-state index contributed by atoms with van der Waals surface area (Å²) in [7, 11) is -4.36. The van der Waals surface area contributed by atoms with Gasteiger partial charge in [-0.3, -0.25) is 9.59 Å². The van der Waals surface area contributed by atoms with E-state index in [0.717, 1.165) is 12.1 Å². The fraction of sp³-hybridized carbons (Fsp3) is 0.417. The van der Waals surface area contributed by atoms with Crippen molar-refractivity contribution in [3.05, 3.63) is 59.7 Å². The summed E-state index contributed by atoms with van der Waals surface area (Å²) in [5, 5.41) is 8.66. The molecule has 0 aliphatic carbocycles. The Labute approximate surface area is 207 Å². The summed E-state index contributed by atoms with van der Waals surface area (Å²) in [6.45, 7) is 5.04. The number of esters is 1. The Kier molecular flexibility index (Phi) is 9.50. The van der Waals surface area contributed by atoms with Gasteiger partial charge in [0.15, 0.2) is 0 Å². The normalized spacial score (nSPS) is 13.2. The molecule has 36 heavy (non-hydrogen) atoms. The molecule has 0 aliphatic rings. The molecule has 0 bridgehead atoms. The van der Waals surface area contributed by atoms with E-state index in [-0.39, 0.29) is 19.4 Å². The highest BCUT2D eigenvalue weighted by atomic mass is 32.2. The number of carboxylic acids is 1. The van der Waals surface area contributed by atoms with Crippen LogP contribution in [0.25, 0.3) is 0 Å². The van der Waals surface area contributed by atoms with Crippen LogP contribution in [0.15, 0.2) is 53.4 Å². The molecule has 0 saturated carbocycles. The minimum absolute atomic E-state index is 0.0330. The Morgan fingerprint density at radius 2 is 1.58 bits per heavy atom. The van der Waals surface area contributed by atoms with E-state index in [1.807, 2.05) is 0 Å². The maximum Gasteiger partial charge on any atom is 0.416 e. The van der Waals surface area contributed by atoms with E-state index in [4.69, 9.17) is 14.6 Å². The largest absolute Gasteiger partial charge is 0.494 e. The van der Waals surface area contributed by atoms with Crippen LogP contribution in [0, 0.1) is 0 Å². The number of carboxylic acid groups (broad SMARTS) is 1. The zero-order chi connectivity index (χ0) is 27.1. The number of sulfonamides is 1. The predicted octanol–water partition coefficient (Wildman–Crippen LogP) is 4.18. The van der Waals surface area contributed by atoms with Crippen molar-refractivity contribution in [3.63, 3.8) is 0 Å². The minimum Gasteiger partial charge on any atom is -0.494 e. The molecule has 0 spiro atoms. The number of aliphatic carboxylic acids is 1. The zero-order valence-electron chi connectivity index (χ0n) is 20.0. The number of ether oxygens (including phenoxy) is 2. The molecule has 0 aliphatic heterocycles. The summed E-state index contributed by atoms with van der Waals surface area (Å²) in [6, 6.07) is 7.95. The van der Waals surface area contributed by atoms with Gasteiger partial charge in [0.25, 0.3) is 0 Å². The Balaban J connectivity index is 2.19. The molecule has 2 N–H and O–H groups in total. The Hall–Kier alpha value is -3.12. The first-order chi connectivity index (χ1) is 16.6. The van der Waals surface area contributed by atoms with Crippen molar-refractivity contribution in [2.45, 2.75) is 62.7 Å². The number of nitrogens with one attached hydrogen (secondary N) is 1. The molecule has 0 amide bonds. The van der Waals surface area contributed by atoms with Crippen molar-refractivity contribution in [1.82, 2.24) is 4.72 Å². The zero-order valence-corrected chi connectivity index (χ0v) is 20.8. The molecular formula is C24H28F3NO7S. The first kappa shape index (κ1) is 29.1. The molecule has 8 nitrogen and oxygen atoms in total. The third kappa shape index (κ3) is 9.50. The topological polar surface area (TPSA) is 119 Å². The second-order valence-electron chi connectivity index (χ2n) is 8.92. The monoisotopic (exact) mass is 531 g/mol. The van der Waals surface area contributed by atoms with E-state index >= 15 is 0 Å². The predicted molar refractivity (Wildman–Crippen MR) is 124 cm³/mol. The lowest BCUT2D eigenvalue weighted by atomic mass is 10.1. The number of carbonyl (C=O) groups excluding carboxylic acids is 1. The van der Waals surface area contributed by atoms with Crippen LogP contribution in [0.5, 0.6) is 5.75 Å². The van der Waals surface area contributed by atoms with Crippen LogP contribution >= 0.6 is 0 Å². The van der Waals surface area contributed by atoms with E-state index in [0.29, 0.717) is 29.9 Å². The van der Waals surface area contributed by atoms with Gasteiger partial charge in [-0.15, -0.1) is 0 Å². The molecule has 2 aromatic rings. The summed E-state index contributed by atoms with van der Waals surface area (Å²) in [5.74, 6) is -1.32. The average molecular weight is 532 g/mol. The molecule has 0 saturated heterocycles. The Morgan fingerprint density at radius 1 is 1.00 bits per heavy atom. The summed E-state index contributed by atoms with van der Waals surface area (Å²) in [5.41, 5.74) is -1.36. The number of hydrogen-bond donors (Lipinski definition) is 2. The van der Waals surface area contributed by atoms with Crippen LogP contribution in [0.3, 0.4) is 0 Å². The Morgan fingerprint density at radius 3 is 2.08 bits per heavy atom. The molecule has 0 aromatic heterocycles. The van der Waals surface area contributed by atoms with Crippen molar-refractivity contribution in [2.75, 3.05) is 6.61 Å². The molecule has 12 heteroatoms. The molecule has 0 fully saturated rings. The number of benzene rings is 2. The van der Waals surface area contributed by atoms with Crippen LogP contribution in [-0.4, -0.2) is 43.7 Å². The van der Waals surface area contributed by atoms with Gasteiger partial charge in [0, 0.05) is 6.42 Å². The highest BCUT2D eigenvalue weighted by Gasteiger charge is 2.32. The number of alkyl halides is 3. The van der Waals surface area contributed by atoms with Crippen LogP contribution in [0.1, 0.15) is 44.7 Å². The highest BCUT2D eigenvalue weighted by Crippen LogP contribution is 2.29. The fourth-order valence-electron chi connectivity index (χ4n) is 3.00. The van der Waals surface area contributed by atoms with Crippen LogP contribution in [-0.2, 0) is 36.9 Å². The van der Waals surface area contributed by atoms with Gasteiger partial charge in [-0.05, 0) is 75.6 Å². The second kappa shape index (κ2) is 11.7. The van der Waals surface area contributed by atoms with Crippen LogP contribution in [0.4, 0.5) is 13.2 Å². The fourth-order valence-corrected chi connectivity index (χ4v) is 4.18. The first-order valence-corrected chi connectivity index (χ1v) is 12.4. The van der Waals surface area contributed by atoms with Crippen molar-refractivity contribution >= 4 is 22.0 Å². The van der Waals surface area contributed by atoms with Crippen LogP contribution in [0.2, 0.25) is 0 Å². The third-order valence-electron chi connectivity index (χ3n) is 4.65. The van der Waals surface area contributed by atoms with Crippen molar-refractivity contribution < 1.29 is 45.8 Å². The SMILES string of the molecule is CC(C)(C)OC(=O)C(Cc1ccc(OCCCC(=O)O)cc1)NS(=O)(=O)c1ccc(C(F)(F)F)cc1. The maximum atomic E-state index is 12.9. The molecule has 2 aromatic carbocycles. The van der Waals surface area contributed by atoms with E-state index in [2.05, 4.69) is 4.72 Å². The van der Waals surface area contributed by atoms with Gasteiger partial charge in [0.2, 0.25) is 10.0 Å². The van der Waals surface area contributed by atoms with Crippen molar-refractivity contribution in [3.8, 4) is 5.75 Å². The number of halogens is 3. The average Bonchev–Trinajstić information content (AvgIpc) is 2.75. The number of rotatable bonds is 11. The summed E-state index contributed by atoms with van der Waals surface area (Å²) < 4.78 is 77.2. The van der Waals surface area contributed by atoms with Crippen molar-refractivity contribution in [1.29, 1.82) is 0 Å². The third-order valence-corrected chi connectivity index (χ3v) is 6.14. The first-order valence-electron chi connectivity index (χ1n) is 10.9. The molecule has 198 valence electrons. The lowest BCUT2D eigenvalue weighted by Gasteiger charge is -2.24. The van der Waals surface area contributed by atoms with Gasteiger partial charge in [0.1, 0.15) is 17.4 Å².